The smallest absolute Gasteiger partial charge is 0.422 e. The molecule has 0 saturated heterocycles. The van der Waals surface area contributed by atoms with E-state index in [0.717, 1.165) is 6.42 Å². The van der Waals surface area contributed by atoms with Gasteiger partial charge in [-0.3, -0.25) is 0 Å². The molecule has 7 heteroatoms. The molecule has 0 aromatic heterocycles. The van der Waals surface area contributed by atoms with Crippen LogP contribution < -0.4 is 5.32 Å². The van der Waals surface area contributed by atoms with Crippen molar-refractivity contribution in [1.82, 2.24) is 5.32 Å². The third-order valence-electron chi connectivity index (χ3n) is 2.35. The average molecular weight is 236 g/mol. The van der Waals surface area contributed by atoms with E-state index in [0.29, 0.717) is 12.8 Å². The molecule has 0 aliphatic heterocycles. The normalized spacial score (nSPS) is 24.9. The van der Waals surface area contributed by atoms with Crippen LogP contribution in [0.15, 0.2) is 0 Å². The minimum Gasteiger partial charge on any atom is -0.440 e. The molecule has 2 unspecified atom stereocenters. The van der Waals surface area contributed by atoms with Gasteiger partial charge in [0, 0.05) is 6.04 Å². The molecule has 1 N–H and O–H groups in total. The van der Waals surface area contributed by atoms with Gasteiger partial charge in [-0.05, 0) is 19.3 Å². The van der Waals surface area contributed by atoms with Gasteiger partial charge in [-0.15, -0.1) is 0 Å². The van der Waals surface area contributed by atoms with E-state index in [4.69, 9.17) is 5.26 Å². The molecule has 1 fully saturated rings. The molecule has 0 spiro atoms. The van der Waals surface area contributed by atoms with Gasteiger partial charge in [-0.25, -0.2) is 4.79 Å². The fourth-order valence-corrected chi connectivity index (χ4v) is 1.63. The van der Waals surface area contributed by atoms with Gasteiger partial charge in [-0.2, -0.15) is 18.4 Å². The van der Waals surface area contributed by atoms with Gasteiger partial charge >= 0.3 is 12.3 Å². The number of hydrogen-bond donors (Lipinski definition) is 1. The Bertz CT molecular complexity index is 298. The minimum absolute atomic E-state index is 0.335. The summed E-state index contributed by atoms with van der Waals surface area (Å²) in [7, 11) is 0. The summed E-state index contributed by atoms with van der Waals surface area (Å²) in [5.41, 5.74) is 0. The summed E-state index contributed by atoms with van der Waals surface area (Å²) < 4.78 is 39.1. The SMILES string of the molecule is N#CC1CCCC1NC(=O)OCC(F)(F)F. The van der Waals surface area contributed by atoms with Gasteiger partial charge in [0.2, 0.25) is 0 Å². The Morgan fingerprint density at radius 3 is 2.75 bits per heavy atom. The van der Waals surface area contributed by atoms with Gasteiger partial charge < -0.3 is 10.1 Å². The highest BCUT2D eigenvalue weighted by atomic mass is 19.4. The van der Waals surface area contributed by atoms with Crippen LogP contribution >= 0.6 is 0 Å². The van der Waals surface area contributed by atoms with Crippen LogP contribution in [0.25, 0.3) is 0 Å². The first-order valence-corrected chi connectivity index (χ1v) is 4.82. The number of alkyl carbamates (subject to hydrolysis) is 1. The van der Waals surface area contributed by atoms with Crippen LogP contribution in [0.3, 0.4) is 0 Å². The lowest BCUT2D eigenvalue weighted by atomic mass is 10.1. The van der Waals surface area contributed by atoms with Gasteiger partial charge in [0.1, 0.15) is 0 Å². The van der Waals surface area contributed by atoms with E-state index < -0.39 is 24.9 Å². The van der Waals surface area contributed by atoms with Crippen molar-refractivity contribution in [3.63, 3.8) is 0 Å². The molecule has 1 rings (SSSR count). The second-order valence-electron chi connectivity index (χ2n) is 3.61. The summed E-state index contributed by atoms with van der Waals surface area (Å²) in [6.45, 7) is -1.61. The minimum atomic E-state index is -4.53. The number of rotatable bonds is 2. The number of carbonyl (C=O) groups is 1. The third kappa shape index (κ3) is 3.96. The molecule has 0 aromatic rings. The fraction of sp³-hybridized carbons (Fsp3) is 0.778. The maximum Gasteiger partial charge on any atom is 0.422 e. The number of halogens is 3. The van der Waals surface area contributed by atoms with Crippen LogP contribution in [-0.2, 0) is 4.74 Å². The predicted octanol–water partition coefficient (Wildman–Crippen LogP) is 1.97. The van der Waals surface area contributed by atoms with Crippen molar-refractivity contribution in [3.8, 4) is 6.07 Å². The van der Waals surface area contributed by atoms with Gasteiger partial charge in [0.15, 0.2) is 6.61 Å². The quantitative estimate of drug-likeness (QED) is 0.797. The molecule has 0 aromatic carbocycles. The largest absolute Gasteiger partial charge is 0.440 e. The number of nitriles is 1. The molecule has 0 radical (unpaired) electrons. The number of amides is 1. The van der Waals surface area contributed by atoms with Gasteiger partial charge in [-0.1, -0.05) is 0 Å². The summed E-state index contributed by atoms with van der Waals surface area (Å²) in [5, 5.41) is 11.0. The highest BCUT2D eigenvalue weighted by Crippen LogP contribution is 2.25. The second-order valence-corrected chi connectivity index (χ2v) is 3.61. The lowest BCUT2D eigenvalue weighted by Gasteiger charge is -2.15. The van der Waals surface area contributed by atoms with Crippen molar-refractivity contribution >= 4 is 6.09 Å². The lowest BCUT2D eigenvalue weighted by Crippen LogP contribution is -2.38. The monoisotopic (exact) mass is 236 g/mol. The second kappa shape index (κ2) is 5.05. The van der Waals surface area contributed by atoms with E-state index in [2.05, 4.69) is 10.1 Å². The van der Waals surface area contributed by atoms with Gasteiger partial charge in [0.25, 0.3) is 0 Å². The number of ether oxygens (including phenoxy) is 1. The van der Waals surface area contributed by atoms with E-state index in [-0.39, 0.29) is 5.92 Å². The van der Waals surface area contributed by atoms with E-state index >= 15 is 0 Å². The van der Waals surface area contributed by atoms with Crippen molar-refractivity contribution in [1.29, 1.82) is 5.26 Å². The summed E-state index contributed by atoms with van der Waals surface area (Å²) in [6.07, 6.45) is -3.62. The molecule has 90 valence electrons. The highest BCUT2D eigenvalue weighted by molar-refractivity contribution is 5.67. The lowest BCUT2D eigenvalue weighted by molar-refractivity contribution is -0.160. The Morgan fingerprint density at radius 1 is 1.50 bits per heavy atom. The van der Waals surface area contributed by atoms with Gasteiger partial charge in [0.05, 0.1) is 12.0 Å². The van der Waals surface area contributed by atoms with Crippen LogP contribution in [0.2, 0.25) is 0 Å². The first-order valence-electron chi connectivity index (χ1n) is 4.82. The van der Waals surface area contributed by atoms with Crippen molar-refractivity contribution in [2.24, 2.45) is 5.92 Å². The molecule has 1 amide bonds. The Labute approximate surface area is 90.4 Å². The fourth-order valence-electron chi connectivity index (χ4n) is 1.63. The van der Waals surface area contributed by atoms with E-state index in [1.165, 1.54) is 0 Å². The summed E-state index contributed by atoms with van der Waals surface area (Å²) in [5.74, 6) is -0.335. The van der Waals surface area contributed by atoms with Crippen LogP contribution in [0.5, 0.6) is 0 Å². The van der Waals surface area contributed by atoms with E-state index in [9.17, 15) is 18.0 Å². The Hall–Kier alpha value is -1.45. The molecule has 0 bridgehead atoms. The summed E-state index contributed by atoms with van der Waals surface area (Å²) in [6, 6.07) is 1.60. The zero-order valence-corrected chi connectivity index (χ0v) is 8.38. The number of nitrogens with one attached hydrogen (secondary N) is 1. The number of hydrogen-bond acceptors (Lipinski definition) is 3. The molecular formula is C9H11F3N2O2. The number of alkyl halides is 3. The molecule has 1 saturated carbocycles. The predicted molar refractivity (Wildman–Crippen MR) is 47.3 cm³/mol. The van der Waals surface area contributed by atoms with E-state index in [1.54, 1.807) is 0 Å². The number of carbonyl (C=O) groups excluding carboxylic acids is 1. The summed E-state index contributed by atoms with van der Waals surface area (Å²) >= 11 is 0. The van der Waals surface area contributed by atoms with Crippen molar-refractivity contribution < 1.29 is 22.7 Å². The number of nitrogens with zero attached hydrogens (tertiary/aromatic N) is 1. The molecule has 1 aliphatic carbocycles. The van der Waals surface area contributed by atoms with E-state index in [1.807, 2.05) is 6.07 Å². The maximum atomic E-state index is 11.7. The Kier molecular flexibility index (Phi) is 3.99. The van der Waals surface area contributed by atoms with Crippen LogP contribution in [-0.4, -0.2) is 24.9 Å². The maximum absolute atomic E-state index is 11.7. The molecule has 2 atom stereocenters. The van der Waals surface area contributed by atoms with Crippen LogP contribution in [0.4, 0.5) is 18.0 Å². The molecule has 4 nitrogen and oxygen atoms in total. The van der Waals surface area contributed by atoms with Crippen LogP contribution in [0, 0.1) is 17.2 Å². The average Bonchev–Trinajstić information content (AvgIpc) is 2.61. The van der Waals surface area contributed by atoms with Crippen molar-refractivity contribution in [2.75, 3.05) is 6.61 Å². The Balaban J connectivity index is 2.32. The Morgan fingerprint density at radius 2 is 2.19 bits per heavy atom. The van der Waals surface area contributed by atoms with Crippen molar-refractivity contribution in [2.45, 2.75) is 31.5 Å². The zero-order valence-electron chi connectivity index (χ0n) is 8.38. The highest BCUT2D eigenvalue weighted by Gasteiger charge is 2.32. The molecule has 16 heavy (non-hydrogen) atoms. The molecule has 1 aliphatic rings. The van der Waals surface area contributed by atoms with Crippen LogP contribution in [0.1, 0.15) is 19.3 Å². The molecular weight excluding hydrogens is 225 g/mol. The zero-order chi connectivity index (χ0) is 12.2. The summed E-state index contributed by atoms with van der Waals surface area (Å²) in [4.78, 5) is 11.0. The first kappa shape index (κ1) is 12.6. The molecule has 0 heterocycles. The third-order valence-corrected chi connectivity index (χ3v) is 2.35. The first-order chi connectivity index (χ1) is 7.42. The standard InChI is InChI=1S/C9H11F3N2O2/c10-9(11,12)5-16-8(15)14-7-3-1-2-6(7)4-13/h6-7H,1-3,5H2,(H,14,15). The topological polar surface area (TPSA) is 62.1 Å². The van der Waals surface area contributed by atoms with Crippen molar-refractivity contribution in [3.05, 3.63) is 0 Å².